The van der Waals surface area contributed by atoms with Gasteiger partial charge in [-0.15, -0.1) is 11.3 Å². The zero-order valence-corrected chi connectivity index (χ0v) is 20.0. The van der Waals surface area contributed by atoms with E-state index < -0.39 is 0 Å². The molecule has 2 aromatic carbocycles. The number of hydrogen-bond donors (Lipinski definition) is 2. The first kappa shape index (κ1) is 22.7. The number of aliphatic hydroxyl groups is 1. The molecule has 170 valence electrons. The third-order valence-electron chi connectivity index (χ3n) is 5.59. The molecule has 4 rings (SSSR count). The fourth-order valence-corrected chi connectivity index (χ4v) is 4.45. The van der Waals surface area contributed by atoms with Crippen molar-refractivity contribution in [2.75, 3.05) is 18.1 Å². The van der Waals surface area contributed by atoms with Gasteiger partial charge in [-0.1, -0.05) is 26.0 Å². The van der Waals surface area contributed by atoms with Crippen LogP contribution in [-0.2, 0) is 4.74 Å². The van der Waals surface area contributed by atoms with Gasteiger partial charge in [-0.3, -0.25) is 5.41 Å². The number of rotatable bonds is 6. The molecule has 6 nitrogen and oxygen atoms in total. The van der Waals surface area contributed by atoms with Crippen molar-refractivity contribution < 1.29 is 14.6 Å². The second-order valence-corrected chi connectivity index (χ2v) is 9.49. The minimum Gasteiger partial charge on any atom is -0.510 e. The summed E-state index contributed by atoms with van der Waals surface area (Å²) in [6.45, 7) is 8.67. The molecule has 7 heteroatoms. The summed E-state index contributed by atoms with van der Waals surface area (Å²) in [6.07, 6.45) is 0. The molecule has 0 aliphatic carbocycles. The number of thiazole rings is 1. The van der Waals surface area contributed by atoms with Gasteiger partial charge in [0.05, 0.1) is 30.0 Å². The number of aliphatic hydroxyl groups excluding tert-OH is 1. The van der Waals surface area contributed by atoms with E-state index in [9.17, 15) is 9.90 Å². The van der Waals surface area contributed by atoms with Crippen molar-refractivity contribution in [3.8, 4) is 11.3 Å². The van der Waals surface area contributed by atoms with Crippen molar-refractivity contribution in [1.82, 2.24) is 4.98 Å². The Bertz CT molecular complexity index is 1240. The van der Waals surface area contributed by atoms with Gasteiger partial charge in [-0.25, -0.2) is 9.78 Å². The van der Waals surface area contributed by atoms with Crippen LogP contribution in [-0.4, -0.2) is 35.0 Å². The molecule has 0 saturated carbocycles. The van der Waals surface area contributed by atoms with Crippen LogP contribution in [0.25, 0.3) is 16.8 Å². The fraction of sp³-hybridized carbons (Fsp3) is 0.269. The van der Waals surface area contributed by atoms with Crippen LogP contribution in [0.2, 0.25) is 0 Å². The van der Waals surface area contributed by atoms with Crippen molar-refractivity contribution in [3.05, 3.63) is 75.3 Å². The SMILES string of the molecule is Cc1ccc(-c2csc(C3=C(O)CN(c4ccc(C(=O)OCC(C)C)cc4)C3=N)n2)cc1C. The molecule has 0 radical (unpaired) electrons. The summed E-state index contributed by atoms with van der Waals surface area (Å²) in [5.74, 6) is 0.201. The van der Waals surface area contributed by atoms with Gasteiger partial charge in [0.2, 0.25) is 0 Å². The number of ether oxygens (including phenoxy) is 1. The summed E-state index contributed by atoms with van der Waals surface area (Å²) in [5.41, 5.74) is 5.88. The fourth-order valence-electron chi connectivity index (χ4n) is 3.55. The zero-order chi connectivity index (χ0) is 23.7. The van der Waals surface area contributed by atoms with Crippen LogP contribution >= 0.6 is 11.3 Å². The number of aromatic nitrogens is 1. The lowest BCUT2D eigenvalue weighted by Crippen LogP contribution is -2.26. The first-order valence-electron chi connectivity index (χ1n) is 10.8. The molecule has 1 aliphatic rings. The summed E-state index contributed by atoms with van der Waals surface area (Å²) in [4.78, 5) is 18.6. The van der Waals surface area contributed by atoms with Crippen LogP contribution in [0.1, 0.15) is 40.3 Å². The second kappa shape index (κ2) is 9.19. The average molecular weight is 462 g/mol. The maximum Gasteiger partial charge on any atom is 0.338 e. The number of carbonyl (C=O) groups is 1. The summed E-state index contributed by atoms with van der Waals surface area (Å²) >= 11 is 1.41. The quantitative estimate of drug-likeness (QED) is 0.439. The molecule has 1 aromatic heterocycles. The first-order valence-corrected chi connectivity index (χ1v) is 11.7. The Hall–Kier alpha value is -3.45. The molecule has 0 amide bonds. The molecular weight excluding hydrogens is 434 g/mol. The Kier molecular flexibility index (Phi) is 6.33. The summed E-state index contributed by atoms with van der Waals surface area (Å²) in [7, 11) is 0. The molecule has 2 heterocycles. The maximum absolute atomic E-state index is 12.2. The van der Waals surface area contributed by atoms with Crippen molar-refractivity contribution >= 4 is 34.4 Å². The number of esters is 1. The van der Waals surface area contributed by atoms with E-state index in [-0.39, 0.29) is 30.0 Å². The van der Waals surface area contributed by atoms with E-state index in [0.29, 0.717) is 28.4 Å². The summed E-state index contributed by atoms with van der Waals surface area (Å²) in [5, 5.41) is 21.9. The van der Waals surface area contributed by atoms with Gasteiger partial charge < -0.3 is 14.7 Å². The third kappa shape index (κ3) is 4.68. The minimum absolute atomic E-state index is 0.112. The smallest absolute Gasteiger partial charge is 0.338 e. The Labute approximate surface area is 197 Å². The zero-order valence-electron chi connectivity index (χ0n) is 19.2. The number of carbonyl (C=O) groups excluding carboxylic acids is 1. The number of nitrogens with one attached hydrogen (secondary N) is 1. The van der Waals surface area contributed by atoms with E-state index in [1.807, 2.05) is 25.3 Å². The molecule has 0 atom stereocenters. The van der Waals surface area contributed by atoms with Crippen LogP contribution in [0.4, 0.5) is 5.69 Å². The molecule has 33 heavy (non-hydrogen) atoms. The molecular formula is C26H27N3O3S. The number of amidine groups is 1. The molecule has 3 aromatic rings. The Morgan fingerprint density at radius 1 is 1.18 bits per heavy atom. The molecule has 0 bridgehead atoms. The van der Waals surface area contributed by atoms with E-state index in [1.165, 1.54) is 22.5 Å². The van der Waals surface area contributed by atoms with E-state index in [1.54, 1.807) is 29.2 Å². The Balaban J connectivity index is 1.51. The molecule has 0 saturated heterocycles. The monoisotopic (exact) mass is 461 g/mol. The maximum atomic E-state index is 12.2. The predicted octanol–water partition coefficient (Wildman–Crippen LogP) is 6.01. The Morgan fingerprint density at radius 3 is 2.58 bits per heavy atom. The van der Waals surface area contributed by atoms with Crippen molar-refractivity contribution in [2.45, 2.75) is 27.7 Å². The highest BCUT2D eigenvalue weighted by Crippen LogP contribution is 2.34. The average Bonchev–Trinajstić information content (AvgIpc) is 3.38. The highest BCUT2D eigenvalue weighted by atomic mass is 32.1. The minimum atomic E-state index is -0.366. The highest BCUT2D eigenvalue weighted by molar-refractivity contribution is 7.11. The van der Waals surface area contributed by atoms with Gasteiger partial charge >= 0.3 is 5.97 Å². The third-order valence-corrected chi connectivity index (χ3v) is 6.45. The number of anilines is 1. The van der Waals surface area contributed by atoms with E-state index in [0.717, 1.165) is 11.3 Å². The summed E-state index contributed by atoms with van der Waals surface area (Å²) in [6, 6.07) is 13.1. The van der Waals surface area contributed by atoms with E-state index in [4.69, 9.17) is 15.1 Å². The van der Waals surface area contributed by atoms with Crippen molar-refractivity contribution in [1.29, 1.82) is 5.41 Å². The van der Waals surface area contributed by atoms with Gasteiger partial charge in [0.15, 0.2) is 0 Å². The molecule has 0 fully saturated rings. The topological polar surface area (TPSA) is 86.5 Å². The lowest BCUT2D eigenvalue weighted by Gasteiger charge is -2.19. The predicted molar refractivity (Wildman–Crippen MR) is 133 cm³/mol. The van der Waals surface area contributed by atoms with Crippen molar-refractivity contribution in [2.24, 2.45) is 5.92 Å². The van der Waals surface area contributed by atoms with Gasteiger partial charge in [0.1, 0.15) is 16.6 Å². The summed E-state index contributed by atoms with van der Waals surface area (Å²) < 4.78 is 5.27. The number of nitrogens with zero attached hydrogens (tertiary/aromatic N) is 2. The molecule has 0 spiro atoms. The van der Waals surface area contributed by atoms with Gasteiger partial charge in [0.25, 0.3) is 0 Å². The van der Waals surface area contributed by atoms with Crippen LogP contribution in [0.5, 0.6) is 0 Å². The number of hydrogen-bond acceptors (Lipinski definition) is 6. The van der Waals surface area contributed by atoms with Crippen LogP contribution < -0.4 is 4.90 Å². The number of aryl methyl sites for hydroxylation is 2. The highest BCUT2D eigenvalue weighted by Gasteiger charge is 2.31. The molecule has 1 aliphatic heterocycles. The molecule has 0 unspecified atom stereocenters. The van der Waals surface area contributed by atoms with E-state index in [2.05, 4.69) is 26.0 Å². The molecule has 2 N–H and O–H groups in total. The van der Waals surface area contributed by atoms with Gasteiger partial charge in [-0.2, -0.15) is 0 Å². The van der Waals surface area contributed by atoms with Crippen LogP contribution in [0.15, 0.2) is 53.6 Å². The second-order valence-electron chi connectivity index (χ2n) is 8.63. The standard InChI is InChI=1S/C26H27N3O3S/c1-15(2)13-32-26(31)18-7-9-20(10-8-18)29-12-22(30)23(24(29)27)25-28-21(14-33-25)19-6-5-16(3)17(4)11-19/h5-11,14-15,27,30H,12-13H2,1-4H3. The van der Waals surface area contributed by atoms with E-state index >= 15 is 0 Å². The number of benzene rings is 2. The normalized spacial score (nSPS) is 13.8. The first-order chi connectivity index (χ1) is 15.7. The van der Waals surface area contributed by atoms with Crippen molar-refractivity contribution in [3.63, 3.8) is 0 Å². The van der Waals surface area contributed by atoms with Gasteiger partial charge in [0, 0.05) is 16.6 Å². The largest absolute Gasteiger partial charge is 0.510 e. The Morgan fingerprint density at radius 2 is 1.91 bits per heavy atom. The lowest BCUT2D eigenvalue weighted by molar-refractivity contribution is 0.0459. The lowest BCUT2D eigenvalue weighted by atomic mass is 10.1. The van der Waals surface area contributed by atoms with Gasteiger partial charge in [-0.05, 0) is 61.2 Å². The van der Waals surface area contributed by atoms with Crippen LogP contribution in [0, 0.1) is 25.2 Å². The van der Waals surface area contributed by atoms with Crippen LogP contribution in [0.3, 0.4) is 0 Å².